The summed E-state index contributed by atoms with van der Waals surface area (Å²) in [4.78, 5) is 29.4. The van der Waals surface area contributed by atoms with Gasteiger partial charge in [0.25, 0.3) is 0 Å². The number of amides is 1. The second kappa shape index (κ2) is 7.29. The summed E-state index contributed by atoms with van der Waals surface area (Å²) in [5.41, 5.74) is -0.216. The van der Waals surface area contributed by atoms with Gasteiger partial charge >= 0.3 is 12.1 Å². The summed E-state index contributed by atoms with van der Waals surface area (Å²) in [5.74, 6) is -1.10. The predicted molar refractivity (Wildman–Crippen MR) is 81.5 cm³/mol. The molecule has 1 unspecified atom stereocenters. The number of aliphatic carboxylic acids is 1. The fourth-order valence-electron chi connectivity index (χ4n) is 2.13. The maximum Gasteiger partial charge on any atom is 0.411 e. The molecule has 1 rings (SSSR count). The molecule has 1 N–H and O–H groups in total. The van der Waals surface area contributed by atoms with Crippen molar-refractivity contribution in [2.45, 2.75) is 59.2 Å². The zero-order chi connectivity index (χ0) is 16.9. The third kappa shape index (κ3) is 4.47. The minimum atomic E-state index is -1.11. The van der Waals surface area contributed by atoms with Crippen molar-refractivity contribution in [3.8, 4) is 0 Å². The Morgan fingerprint density at radius 3 is 2.50 bits per heavy atom. The van der Waals surface area contributed by atoms with Gasteiger partial charge in [0, 0.05) is 13.1 Å². The molecule has 1 aromatic rings. The van der Waals surface area contributed by atoms with Crippen LogP contribution in [0.4, 0.5) is 4.79 Å². The highest BCUT2D eigenvalue weighted by Crippen LogP contribution is 2.24. The summed E-state index contributed by atoms with van der Waals surface area (Å²) in [6.07, 6.45) is 3.04. The molecule has 0 bridgehead atoms. The van der Waals surface area contributed by atoms with E-state index in [0.717, 1.165) is 0 Å². The van der Waals surface area contributed by atoms with Crippen molar-refractivity contribution in [1.29, 1.82) is 0 Å². The molecule has 0 spiro atoms. The van der Waals surface area contributed by atoms with Crippen LogP contribution in [0.1, 0.15) is 52.8 Å². The third-order valence-electron chi connectivity index (χ3n) is 3.00. The highest BCUT2D eigenvalue weighted by Gasteiger charge is 2.35. The Labute approximate surface area is 130 Å². The molecular weight excluding hydrogens is 286 g/mol. The Hall–Kier alpha value is -2.05. The van der Waals surface area contributed by atoms with E-state index in [1.54, 1.807) is 31.7 Å². The van der Waals surface area contributed by atoms with Gasteiger partial charge < -0.3 is 14.4 Å². The molecule has 0 saturated carbocycles. The Morgan fingerprint density at radius 1 is 1.41 bits per heavy atom. The number of carbonyl (C=O) groups is 2. The summed E-state index contributed by atoms with van der Waals surface area (Å²) < 4.78 is 7.06. The van der Waals surface area contributed by atoms with Crippen LogP contribution >= 0.6 is 0 Å². The van der Waals surface area contributed by atoms with Gasteiger partial charge in [-0.3, -0.25) is 4.90 Å². The van der Waals surface area contributed by atoms with Crippen molar-refractivity contribution >= 4 is 12.1 Å². The fraction of sp³-hybridized carbons (Fsp3) is 0.667. The number of hydrogen-bond donors (Lipinski definition) is 1. The standard InChI is InChI=1S/C15H25N3O4/c1-6-8-18(14(21)22-15(3,4)5)12(13(19)20)11-9-16-10-17(11)7-2/h9-10,12H,6-8H2,1-5H3,(H,19,20). The van der Waals surface area contributed by atoms with Crippen LogP contribution in [-0.2, 0) is 16.1 Å². The van der Waals surface area contributed by atoms with Crippen molar-refractivity contribution in [2.24, 2.45) is 0 Å². The number of hydrogen-bond acceptors (Lipinski definition) is 4. The first-order valence-corrected chi connectivity index (χ1v) is 7.43. The molecule has 1 atom stereocenters. The van der Waals surface area contributed by atoms with Crippen LogP contribution in [0.3, 0.4) is 0 Å². The summed E-state index contributed by atoms with van der Waals surface area (Å²) >= 11 is 0. The largest absolute Gasteiger partial charge is 0.479 e. The number of aryl methyl sites for hydroxylation is 1. The van der Waals surface area contributed by atoms with Gasteiger partial charge in [-0.05, 0) is 34.1 Å². The molecule has 7 heteroatoms. The van der Waals surface area contributed by atoms with Gasteiger partial charge in [0.1, 0.15) is 5.60 Å². The lowest BCUT2D eigenvalue weighted by Crippen LogP contribution is -2.43. The van der Waals surface area contributed by atoms with Crippen LogP contribution in [0, 0.1) is 0 Å². The molecule has 0 aromatic carbocycles. The van der Waals surface area contributed by atoms with Crippen LogP contribution in [-0.4, -0.2) is 43.8 Å². The Balaban J connectivity index is 3.18. The van der Waals surface area contributed by atoms with Gasteiger partial charge in [0.05, 0.1) is 18.2 Å². The average Bonchev–Trinajstić information content (AvgIpc) is 2.83. The van der Waals surface area contributed by atoms with E-state index in [9.17, 15) is 14.7 Å². The van der Waals surface area contributed by atoms with Crippen molar-refractivity contribution in [1.82, 2.24) is 14.5 Å². The first-order valence-electron chi connectivity index (χ1n) is 7.43. The Morgan fingerprint density at radius 2 is 2.05 bits per heavy atom. The first kappa shape index (κ1) is 18.0. The molecule has 1 amide bonds. The Bertz CT molecular complexity index is 519. The van der Waals surface area contributed by atoms with Gasteiger partial charge in [0.2, 0.25) is 0 Å². The van der Waals surface area contributed by atoms with Gasteiger partial charge in [-0.15, -0.1) is 0 Å². The summed E-state index contributed by atoms with van der Waals surface area (Å²) in [7, 11) is 0. The molecular formula is C15H25N3O4. The monoisotopic (exact) mass is 311 g/mol. The highest BCUT2D eigenvalue weighted by molar-refractivity contribution is 5.81. The van der Waals surface area contributed by atoms with Crippen LogP contribution < -0.4 is 0 Å². The number of nitrogens with zero attached hydrogens (tertiary/aromatic N) is 3. The SMILES string of the molecule is CCCN(C(=O)OC(C)(C)C)C(C(=O)O)c1cncn1CC. The molecule has 0 fully saturated rings. The third-order valence-corrected chi connectivity index (χ3v) is 3.00. The number of aromatic nitrogens is 2. The van der Waals surface area contributed by atoms with Crippen LogP contribution in [0.5, 0.6) is 0 Å². The fourth-order valence-corrected chi connectivity index (χ4v) is 2.13. The second-order valence-corrected chi connectivity index (χ2v) is 6.02. The number of ether oxygens (including phenoxy) is 1. The summed E-state index contributed by atoms with van der Waals surface area (Å²) in [6.45, 7) is 9.90. The maximum atomic E-state index is 12.4. The molecule has 124 valence electrons. The maximum absolute atomic E-state index is 12.4. The van der Waals surface area contributed by atoms with E-state index >= 15 is 0 Å². The quantitative estimate of drug-likeness (QED) is 0.873. The van der Waals surface area contributed by atoms with E-state index in [2.05, 4.69) is 4.98 Å². The van der Waals surface area contributed by atoms with E-state index in [0.29, 0.717) is 25.2 Å². The molecule has 7 nitrogen and oxygen atoms in total. The average molecular weight is 311 g/mol. The molecule has 1 heterocycles. The molecule has 0 aliphatic heterocycles. The number of carboxylic acid groups (broad SMARTS) is 1. The van der Waals surface area contributed by atoms with Gasteiger partial charge in [-0.25, -0.2) is 14.6 Å². The molecule has 1 aromatic heterocycles. The molecule has 22 heavy (non-hydrogen) atoms. The predicted octanol–water partition coefficient (Wildman–Crippen LogP) is 2.68. The molecule has 0 saturated heterocycles. The van der Waals surface area contributed by atoms with E-state index in [-0.39, 0.29) is 0 Å². The number of carboxylic acids is 1. The molecule has 0 aliphatic rings. The van der Waals surface area contributed by atoms with Crippen molar-refractivity contribution in [3.05, 3.63) is 18.2 Å². The van der Waals surface area contributed by atoms with Crippen LogP contribution in [0.25, 0.3) is 0 Å². The van der Waals surface area contributed by atoms with Crippen LogP contribution in [0.2, 0.25) is 0 Å². The van der Waals surface area contributed by atoms with Crippen molar-refractivity contribution in [3.63, 3.8) is 0 Å². The van der Waals surface area contributed by atoms with Gasteiger partial charge in [-0.2, -0.15) is 0 Å². The van der Waals surface area contributed by atoms with Crippen molar-refractivity contribution < 1.29 is 19.4 Å². The number of carbonyl (C=O) groups excluding carboxylic acids is 1. The lowest BCUT2D eigenvalue weighted by molar-refractivity contribution is -0.143. The minimum Gasteiger partial charge on any atom is -0.479 e. The van der Waals surface area contributed by atoms with E-state index in [1.807, 2.05) is 13.8 Å². The van der Waals surface area contributed by atoms with E-state index in [1.165, 1.54) is 11.1 Å². The lowest BCUT2D eigenvalue weighted by atomic mass is 10.1. The summed E-state index contributed by atoms with van der Waals surface area (Å²) in [6, 6.07) is -1.11. The first-order chi connectivity index (χ1) is 10.2. The topological polar surface area (TPSA) is 84.7 Å². The zero-order valence-electron chi connectivity index (χ0n) is 13.9. The second-order valence-electron chi connectivity index (χ2n) is 6.02. The normalized spacial score (nSPS) is 12.8. The van der Waals surface area contributed by atoms with Gasteiger partial charge in [-0.1, -0.05) is 6.92 Å². The zero-order valence-corrected chi connectivity index (χ0v) is 13.9. The number of imidazole rings is 1. The Kier molecular flexibility index (Phi) is 5.96. The van der Waals surface area contributed by atoms with E-state index in [4.69, 9.17) is 4.74 Å². The highest BCUT2D eigenvalue weighted by atomic mass is 16.6. The lowest BCUT2D eigenvalue weighted by Gasteiger charge is -2.31. The van der Waals surface area contributed by atoms with E-state index < -0.39 is 23.7 Å². The summed E-state index contributed by atoms with van der Waals surface area (Å²) in [5, 5.41) is 9.62. The molecule has 0 radical (unpaired) electrons. The van der Waals surface area contributed by atoms with Crippen molar-refractivity contribution in [2.75, 3.05) is 6.54 Å². The molecule has 0 aliphatic carbocycles. The number of rotatable bonds is 6. The minimum absolute atomic E-state index is 0.292. The van der Waals surface area contributed by atoms with Gasteiger partial charge in [0.15, 0.2) is 6.04 Å². The smallest absolute Gasteiger partial charge is 0.411 e. The van der Waals surface area contributed by atoms with Crippen LogP contribution in [0.15, 0.2) is 12.5 Å².